The SMILES string of the molecule is Cc1ccc(-c2cccc3c2-c2ccccc2C3(C)Cc2cc(-c3ccc4c(c3)-c3ccccc3C4(C)c3cc4c(cc3-c3ccc(I)cc3)C(C)(Cc3ccc5c(c3)-c3cccc(-c6ccc(C)cc6)c3C5(C)C)c3ccccc3-4)ccc2C)cc1. The Kier molecular flexibility index (Phi) is 12.2. The van der Waals surface area contributed by atoms with Crippen LogP contribution in [0.2, 0.25) is 0 Å². The van der Waals surface area contributed by atoms with Crippen molar-refractivity contribution < 1.29 is 0 Å². The van der Waals surface area contributed by atoms with Crippen LogP contribution in [0, 0.1) is 24.3 Å². The molecule has 0 fully saturated rings. The standard InChI is InChI=1S/C86H69I/c1-52-27-33-56(34-28-52)63-20-16-26-78-81(63)68-19-11-13-24-75(68)85(78,7)51-61-46-59(37-31-54(61)3)60-40-44-77-71(47-60)66-18-10-14-25-76(66)86(77,8)80-49-72-65-17-9-12-23-74(65)84(6,79(72)48-69(80)58-38-41-62(87)42-39-58)50-55-32-43-73-70(45-55)67-22-15-21-64(82(67)83(73,4)5)57-35-29-53(2)30-36-57/h9-49H,50-51H2,1-8H3. The van der Waals surface area contributed by atoms with Gasteiger partial charge in [-0.25, -0.2) is 0 Å². The van der Waals surface area contributed by atoms with E-state index in [9.17, 15) is 0 Å². The fourth-order valence-corrected chi connectivity index (χ4v) is 17.1. The quantitative estimate of drug-likeness (QED) is 0.126. The first-order valence-corrected chi connectivity index (χ1v) is 32.2. The van der Waals surface area contributed by atoms with Crippen LogP contribution in [0.1, 0.15) is 113 Å². The number of rotatable bonds is 9. The number of halogens is 1. The molecule has 12 aromatic carbocycles. The average molecular weight is 1230 g/mol. The third-order valence-corrected chi connectivity index (χ3v) is 22.0. The third-order valence-electron chi connectivity index (χ3n) is 21.3. The number of aryl methyl sites for hydroxylation is 3. The van der Waals surface area contributed by atoms with Crippen molar-refractivity contribution in [2.45, 2.75) is 89.9 Å². The predicted octanol–water partition coefficient (Wildman–Crippen LogP) is 22.6. The van der Waals surface area contributed by atoms with E-state index in [1.807, 2.05) is 0 Å². The van der Waals surface area contributed by atoms with Gasteiger partial charge in [-0.3, -0.25) is 0 Å². The van der Waals surface area contributed by atoms with Crippen molar-refractivity contribution >= 4 is 22.6 Å². The molecule has 0 aliphatic heterocycles. The van der Waals surface area contributed by atoms with Gasteiger partial charge in [0, 0.05) is 25.2 Å². The van der Waals surface area contributed by atoms with Gasteiger partial charge in [-0.15, -0.1) is 0 Å². The molecule has 1 heteroatoms. The molecule has 420 valence electrons. The molecule has 0 N–H and O–H groups in total. The van der Waals surface area contributed by atoms with Gasteiger partial charge < -0.3 is 0 Å². The Bertz CT molecular complexity index is 4840. The van der Waals surface area contributed by atoms with E-state index in [1.54, 1.807) is 0 Å². The van der Waals surface area contributed by atoms with E-state index in [-0.39, 0.29) is 16.2 Å². The van der Waals surface area contributed by atoms with E-state index in [4.69, 9.17) is 0 Å². The van der Waals surface area contributed by atoms with Crippen molar-refractivity contribution in [3.63, 3.8) is 0 Å². The highest BCUT2D eigenvalue weighted by Gasteiger charge is 2.47. The number of benzene rings is 12. The molecule has 12 aromatic rings. The molecule has 4 aliphatic carbocycles. The summed E-state index contributed by atoms with van der Waals surface area (Å²) in [6.45, 7) is 19.0. The van der Waals surface area contributed by atoms with Gasteiger partial charge in [0.05, 0.1) is 0 Å². The van der Waals surface area contributed by atoms with E-state index in [1.165, 1.54) is 170 Å². The fourth-order valence-electron chi connectivity index (χ4n) is 16.7. The maximum absolute atomic E-state index is 2.62. The Morgan fingerprint density at radius 1 is 0.299 bits per heavy atom. The number of hydrogen-bond donors (Lipinski definition) is 0. The lowest BCUT2D eigenvalue weighted by molar-refractivity contribution is 0.581. The van der Waals surface area contributed by atoms with Crippen LogP contribution in [0.4, 0.5) is 0 Å². The summed E-state index contributed by atoms with van der Waals surface area (Å²) in [6.07, 6.45) is 1.78. The molecule has 4 aliphatic rings. The van der Waals surface area contributed by atoms with Gasteiger partial charge in [0.2, 0.25) is 0 Å². The van der Waals surface area contributed by atoms with Crippen molar-refractivity contribution in [3.8, 4) is 89.0 Å². The third kappa shape index (κ3) is 8.07. The summed E-state index contributed by atoms with van der Waals surface area (Å²) in [5.41, 5.74) is 39.0. The fraction of sp³-hybridized carbons (Fsp3) is 0.163. The van der Waals surface area contributed by atoms with Crippen LogP contribution in [0.5, 0.6) is 0 Å². The topological polar surface area (TPSA) is 0 Å². The molecule has 87 heavy (non-hydrogen) atoms. The van der Waals surface area contributed by atoms with Crippen molar-refractivity contribution in [2.75, 3.05) is 0 Å². The second kappa shape index (κ2) is 19.7. The molecule has 0 nitrogen and oxygen atoms in total. The molecule has 0 bridgehead atoms. The highest BCUT2D eigenvalue weighted by molar-refractivity contribution is 14.1. The summed E-state index contributed by atoms with van der Waals surface area (Å²) in [7, 11) is 0. The van der Waals surface area contributed by atoms with E-state index >= 15 is 0 Å². The molecule has 0 saturated heterocycles. The molecule has 16 rings (SSSR count). The summed E-state index contributed by atoms with van der Waals surface area (Å²) in [5, 5.41) is 0. The summed E-state index contributed by atoms with van der Waals surface area (Å²) in [4.78, 5) is 0. The highest BCUT2D eigenvalue weighted by Crippen LogP contribution is 2.60. The van der Waals surface area contributed by atoms with Gasteiger partial charge >= 0.3 is 0 Å². The zero-order chi connectivity index (χ0) is 59.3. The lowest BCUT2D eigenvalue weighted by Crippen LogP contribution is -2.26. The summed E-state index contributed by atoms with van der Waals surface area (Å²) in [5.74, 6) is 0. The van der Waals surface area contributed by atoms with E-state index in [0.717, 1.165) is 12.8 Å². The Morgan fingerprint density at radius 3 is 1.49 bits per heavy atom. The van der Waals surface area contributed by atoms with E-state index in [2.05, 4.69) is 327 Å². The van der Waals surface area contributed by atoms with E-state index < -0.39 is 5.41 Å². The van der Waals surface area contributed by atoms with Gasteiger partial charge in [0.1, 0.15) is 0 Å². The maximum atomic E-state index is 2.62. The Labute approximate surface area is 527 Å². The summed E-state index contributed by atoms with van der Waals surface area (Å²) < 4.78 is 1.23. The van der Waals surface area contributed by atoms with Crippen molar-refractivity contribution in [1.82, 2.24) is 0 Å². The molecular formula is C86H69I. The van der Waals surface area contributed by atoms with Gasteiger partial charge in [0.15, 0.2) is 0 Å². The average Bonchev–Trinajstić information content (AvgIpc) is 1.58. The zero-order valence-corrected chi connectivity index (χ0v) is 53.1. The number of hydrogen-bond acceptors (Lipinski definition) is 0. The minimum absolute atomic E-state index is 0.136. The van der Waals surface area contributed by atoms with Crippen LogP contribution in [0.25, 0.3) is 89.0 Å². The Balaban J connectivity index is 0.800. The molecular weight excluding hydrogens is 1160 g/mol. The lowest BCUT2D eigenvalue weighted by atomic mass is 9.69. The predicted molar refractivity (Wildman–Crippen MR) is 374 cm³/mol. The van der Waals surface area contributed by atoms with Crippen molar-refractivity contribution in [3.05, 3.63) is 330 Å². The van der Waals surface area contributed by atoms with Gasteiger partial charge in [0.25, 0.3) is 0 Å². The molecule has 0 heterocycles. The van der Waals surface area contributed by atoms with Crippen LogP contribution >= 0.6 is 22.6 Å². The monoisotopic (exact) mass is 1230 g/mol. The van der Waals surface area contributed by atoms with Gasteiger partial charge in [-0.05, 0) is 249 Å². The van der Waals surface area contributed by atoms with E-state index in [0.29, 0.717) is 0 Å². The summed E-state index contributed by atoms with van der Waals surface area (Å²) >= 11 is 2.46. The van der Waals surface area contributed by atoms with Crippen molar-refractivity contribution in [2.24, 2.45) is 0 Å². The molecule has 0 aromatic heterocycles. The van der Waals surface area contributed by atoms with Gasteiger partial charge in [-0.1, -0.05) is 257 Å². The van der Waals surface area contributed by atoms with Crippen LogP contribution in [-0.4, -0.2) is 0 Å². The normalized spacial score (nSPS) is 18.5. The first-order valence-electron chi connectivity index (χ1n) is 31.2. The minimum Gasteiger partial charge on any atom is -0.0619 e. The second-order valence-corrected chi connectivity index (χ2v) is 28.1. The van der Waals surface area contributed by atoms with Crippen LogP contribution in [0.15, 0.2) is 249 Å². The highest BCUT2D eigenvalue weighted by atomic mass is 127. The molecule has 0 saturated carbocycles. The van der Waals surface area contributed by atoms with Crippen LogP contribution in [-0.2, 0) is 34.5 Å². The summed E-state index contributed by atoms with van der Waals surface area (Å²) in [6, 6.07) is 96.3. The largest absolute Gasteiger partial charge is 0.0619 e. The molecule has 3 atom stereocenters. The maximum Gasteiger partial charge on any atom is 0.0441 e. The molecule has 0 spiro atoms. The first kappa shape index (κ1) is 53.8. The van der Waals surface area contributed by atoms with Crippen LogP contribution < -0.4 is 0 Å². The minimum atomic E-state index is -0.461. The Hall–Kier alpha value is -8.63. The smallest absolute Gasteiger partial charge is 0.0441 e. The Morgan fingerprint density at radius 2 is 0.770 bits per heavy atom. The van der Waals surface area contributed by atoms with Crippen molar-refractivity contribution in [1.29, 1.82) is 0 Å². The van der Waals surface area contributed by atoms with Crippen LogP contribution in [0.3, 0.4) is 0 Å². The molecule has 3 unspecified atom stereocenters. The first-order chi connectivity index (χ1) is 42.1. The molecule has 0 amide bonds. The van der Waals surface area contributed by atoms with Gasteiger partial charge in [-0.2, -0.15) is 0 Å². The lowest BCUT2D eigenvalue weighted by Gasteiger charge is -2.33. The number of fused-ring (bicyclic) bond motifs is 12. The molecule has 0 radical (unpaired) electrons. The second-order valence-electron chi connectivity index (χ2n) is 26.8. The zero-order valence-electron chi connectivity index (χ0n) is 51.0.